The van der Waals surface area contributed by atoms with Crippen LogP contribution in [0, 0.1) is 13.8 Å². The van der Waals surface area contributed by atoms with Crippen LogP contribution in [0.3, 0.4) is 0 Å². The molecular formula is C15H21NO. The smallest absolute Gasteiger partial charge is 0.123 e. The van der Waals surface area contributed by atoms with E-state index in [1.54, 1.807) is 0 Å². The molecule has 17 heavy (non-hydrogen) atoms. The molecule has 0 aromatic heterocycles. The van der Waals surface area contributed by atoms with Crippen LogP contribution in [0.25, 0.3) is 0 Å². The van der Waals surface area contributed by atoms with Crippen molar-refractivity contribution in [3.63, 3.8) is 0 Å². The minimum atomic E-state index is 0.572. The number of hydrogen-bond acceptors (Lipinski definition) is 2. The Morgan fingerprint density at radius 1 is 1.29 bits per heavy atom. The molecule has 1 N–H and O–H groups in total. The summed E-state index contributed by atoms with van der Waals surface area (Å²) in [5.41, 5.74) is 5.85. The van der Waals surface area contributed by atoms with E-state index in [9.17, 15) is 0 Å². The number of benzene rings is 1. The van der Waals surface area contributed by atoms with E-state index in [0.717, 1.165) is 25.3 Å². The highest BCUT2D eigenvalue weighted by Gasteiger charge is 2.24. The summed E-state index contributed by atoms with van der Waals surface area (Å²) in [4.78, 5) is 0. The molecule has 0 bridgehead atoms. The molecular weight excluding hydrogens is 210 g/mol. The Morgan fingerprint density at radius 3 is 2.94 bits per heavy atom. The molecule has 0 radical (unpaired) electrons. The Hall–Kier alpha value is -1.02. The van der Waals surface area contributed by atoms with Gasteiger partial charge >= 0.3 is 0 Å². The van der Waals surface area contributed by atoms with E-state index in [1.807, 2.05) is 0 Å². The third-order valence-corrected chi connectivity index (χ3v) is 4.16. The zero-order valence-electron chi connectivity index (χ0n) is 10.8. The van der Waals surface area contributed by atoms with Gasteiger partial charge in [-0.05, 0) is 74.4 Å². The Kier molecular flexibility index (Phi) is 2.83. The Balaban J connectivity index is 2.08. The van der Waals surface area contributed by atoms with E-state index >= 15 is 0 Å². The van der Waals surface area contributed by atoms with Crippen molar-refractivity contribution < 1.29 is 4.74 Å². The molecule has 2 aliphatic rings. The summed E-state index contributed by atoms with van der Waals surface area (Å²) in [6, 6.07) is 2.82. The van der Waals surface area contributed by atoms with Gasteiger partial charge in [0.1, 0.15) is 5.75 Å². The van der Waals surface area contributed by atoms with Crippen LogP contribution in [0.4, 0.5) is 0 Å². The highest BCUT2D eigenvalue weighted by atomic mass is 16.5. The summed E-state index contributed by atoms with van der Waals surface area (Å²) >= 11 is 0. The number of rotatable bonds is 1. The van der Waals surface area contributed by atoms with Crippen LogP contribution in [0.15, 0.2) is 6.07 Å². The summed E-state index contributed by atoms with van der Waals surface area (Å²) in [5.74, 6) is 1.13. The molecule has 0 spiro atoms. The molecule has 1 aromatic carbocycles. The number of fused-ring (bicyclic) bond motifs is 1. The third kappa shape index (κ3) is 1.85. The maximum absolute atomic E-state index is 5.78. The van der Waals surface area contributed by atoms with Crippen molar-refractivity contribution in [3.8, 4) is 5.75 Å². The van der Waals surface area contributed by atoms with Gasteiger partial charge in [-0.2, -0.15) is 0 Å². The zero-order valence-corrected chi connectivity index (χ0v) is 10.8. The molecule has 1 fully saturated rings. The molecule has 1 atom stereocenters. The van der Waals surface area contributed by atoms with Crippen LogP contribution >= 0.6 is 0 Å². The lowest BCUT2D eigenvalue weighted by molar-refractivity contribution is 0.287. The first-order valence-electron chi connectivity index (χ1n) is 6.76. The van der Waals surface area contributed by atoms with Gasteiger partial charge in [-0.25, -0.2) is 0 Å². The lowest BCUT2D eigenvalue weighted by Crippen LogP contribution is -2.18. The monoisotopic (exact) mass is 231 g/mol. The molecule has 1 aromatic rings. The average molecular weight is 231 g/mol. The molecule has 2 nitrogen and oxygen atoms in total. The maximum Gasteiger partial charge on any atom is 0.123 e. The second-order valence-corrected chi connectivity index (χ2v) is 5.31. The molecule has 1 saturated heterocycles. The van der Waals surface area contributed by atoms with Crippen LogP contribution in [-0.2, 0) is 6.42 Å². The highest BCUT2D eigenvalue weighted by Crippen LogP contribution is 2.37. The van der Waals surface area contributed by atoms with Gasteiger partial charge in [-0.3, -0.25) is 0 Å². The summed E-state index contributed by atoms with van der Waals surface area (Å²) in [6.45, 7) is 6.54. The standard InChI is InChI=1S/C15H21NO/c1-10-9-14-12(5-4-8-17-14)11(2)15(10)13-6-3-7-16-13/h9,13,16H,3-8H2,1-2H3/t13-/m0/s1. The van der Waals surface area contributed by atoms with Crippen molar-refractivity contribution in [1.82, 2.24) is 5.32 Å². The fourth-order valence-corrected chi connectivity index (χ4v) is 3.34. The van der Waals surface area contributed by atoms with Crippen LogP contribution in [0.2, 0.25) is 0 Å². The fourth-order valence-electron chi connectivity index (χ4n) is 3.34. The van der Waals surface area contributed by atoms with E-state index in [0.29, 0.717) is 6.04 Å². The molecule has 2 heterocycles. The predicted octanol–water partition coefficient (Wildman–Crippen LogP) is 3.05. The molecule has 92 valence electrons. The fraction of sp³-hybridized carbons (Fsp3) is 0.600. The third-order valence-electron chi connectivity index (χ3n) is 4.16. The molecule has 3 rings (SSSR count). The first-order chi connectivity index (χ1) is 8.27. The van der Waals surface area contributed by atoms with Crippen molar-refractivity contribution >= 4 is 0 Å². The summed E-state index contributed by atoms with van der Waals surface area (Å²) < 4.78 is 5.78. The van der Waals surface area contributed by atoms with E-state index in [1.165, 1.54) is 41.5 Å². The van der Waals surface area contributed by atoms with Gasteiger partial charge in [0.2, 0.25) is 0 Å². The minimum absolute atomic E-state index is 0.572. The van der Waals surface area contributed by atoms with Crippen molar-refractivity contribution in [2.75, 3.05) is 13.2 Å². The molecule has 2 heteroatoms. The van der Waals surface area contributed by atoms with Gasteiger partial charge in [0.25, 0.3) is 0 Å². The van der Waals surface area contributed by atoms with Crippen molar-refractivity contribution in [2.45, 2.75) is 45.6 Å². The Morgan fingerprint density at radius 2 is 2.18 bits per heavy atom. The van der Waals surface area contributed by atoms with Crippen molar-refractivity contribution in [2.24, 2.45) is 0 Å². The minimum Gasteiger partial charge on any atom is -0.493 e. The van der Waals surface area contributed by atoms with Crippen LogP contribution in [0.5, 0.6) is 5.75 Å². The van der Waals surface area contributed by atoms with Gasteiger partial charge in [-0.15, -0.1) is 0 Å². The molecule has 0 saturated carbocycles. The first kappa shape index (κ1) is 11.1. The largest absolute Gasteiger partial charge is 0.493 e. The average Bonchev–Trinajstić information content (AvgIpc) is 2.83. The molecule has 0 aliphatic carbocycles. The van der Waals surface area contributed by atoms with Crippen LogP contribution in [0.1, 0.15) is 47.6 Å². The lowest BCUT2D eigenvalue weighted by Gasteiger charge is -2.25. The molecule has 2 aliphatic heterocycles. The van der Waals surface area contributed by atoms with Gasteiger partial charge in [0.15, 0.2) is 0 Å². The van der Waals surface area contributed by atoms with E-state index in [-0.39, 0.29) is 0 Å². The van der Waals surface area contributed by atoms with Gasteiger partial charge in [0, 0.05) is 6.04 Å². The topological polar surface area (TPSA) is 21.3 Å². The highest BCUT2D eigenvalue weighted by molar-refractivity contribution is 5.51. The molecule has 0 amide bonds. The van der Waals surface area contributed by atoms with Gasteiger partial charge < -0.3 is 10.1 Å². The SMILES string of the molecule is Cc1cc2c(c(C)c1[C@@H]1CCCN1)CCCO2. The number of aryl methyl sites for hydroxylation is 1. The second kappa shape index (κ2) is 4.34. The summed E-state index contributed by atoms with van der Waals surface area (Å²) in [5, 5.41) is 3.62. The van der Waals surface area contributed by atoms with Gasteiger partial charge in [-0.1, -0.05) is 0 Å². The maximum atomic E-state index is 5.78. The van der Waals surface area contributed by atoms with Crippen LogP contribution in [-0.4, -0.2) is 13.2 Å². The number of nitrogens with one attached hydrogen (secondary N) is 1. The second-order valence-electron chi connectivity index (χ2n) is 5.31. The van der Waals surface area contributed by atoms with E-state index < -0.39 is 0 Å². The normalized spacial score (nSPS) is 23.3. The zero-order chi connectivity index (χ0) is 11.8. The summed E-state index contributed by atoms with van der Waals surface area (Å²) in [7, 11) is 0. The first-order valence-corrected chi connectivity index (χ1v) is 6.76. The van der Waals surface area contributed by atoms with Crippen LogP contribution < -0.4 is 10.1 Å². The Bertz CT molecular complexity index is 433. The van der Waals surface area contributed by atoms with E-state index in [2.05, 4.69) is 25.2 Å². The number of hydrogen-bond donors (Lipinski definition) is 1. The number of ether oxygens (including phenoxy) is 1. The molecule has 0 unspecified atom stereocenters. The lowest BCUT2D eigenvalue weighted by atomic mass is 9.88. The summed E-state index contributed by atoms with van der Waals surface area (Å²) in [6.07, 6.45) is 4.92. The quantitative estimate of drug-likeness (QED) is 0.802. The van der Waals surface area contributed by atoms with Gasteiger partial charge in [0.05, 0.1) is 6.61 Å². The van der Waals surface area contributed by atoms with E-state index in [4.69, 9.17) is 4.74 Å². The Labute approximate surface area is 103 Å². The van der Waals surface area contributed by atoms with Crippen molar-refractivity contribution in [1.29, 1.82) is 0 Å². The predicted molar refractivity (Wildman–Crippen MR) is 69.7 cm³/mol. The van der Waals surface area contributed by atoms with Crippen molar-refractivity contribution in [3.05, 3.63) is 28.3 Å².